The second-order valence-electron chi connectivity index (χ2n) is 4.99. The van der Waals surface area contributed by atoms with Crippen molar-refractivity contribution in [1.82, 2.24) is 14.5 Å². The minimum Gasteiger partial charge on any atom is -0.287 e. The highest BCUT2D eigenvalue weighted by Crippen LogP contribution is 2.30. The summed E-state index contributed by atoms with van der Waals surface area (Å²) in [5.41, 5.74) is 1.86. The molecular weight excluding hydrogens is 378 g/mol. The lowest BCUT2D eigenvalue weighted by Crippen LogP contribution is -2.21. The second kappa shape index (κ2) is 6.79. The van der Waals surface area contributed by atoms with E-state index in [4.69, 9.17) is 4.98 Å². The largest absolute Gasteiger partial charge is 0.287 e. The van der Waals surface area contributed by atoms with Crippen LogP contribution in [0.2, 0.25) is 0 Å². The van der Waals surface area contributed by atoms with E-state index in [2.05, 4.69) is 21.8 Å². The van der Waals surface area contributed by atoms with Gasteiger partial charge in [-0.3, -0.25) is 9.36 Å². The Kier molecular flexibility index (Phi) is 4.53. The van der Waals surface area contributed by atoms with Crippen LogP contribution < -0.4 is 5.56 Å². The SMILES string of the molecule is CCn1c(SCc2csc(-c3cccs3)n2)nc2ccsc2c1=O. The van der Waals surface area contributed by atoms with Crippen molar-refractivity contribution in [2.75, 3.05) is 0 Å². The molecule has 4 aromatic heterocycles. The van der Waals surface area contributed by atoms with Gasteiger partial charge in [0, 0.05) is 17.7 Å². The molecule has 0 radical (unpaired) electrons. The first-order valence-electron chi connectivity index (χ1n) is 7.35. The van der Waals surface area contributed by atoms with Crippen LogP contribution in [0.5, 0.6) is 0 Å². The predicted octanol–water partition coefficient (Wildman–Crippen LogP) is 4.96. The molecule has 4 aromatic rings. The molecule has 0 atom stereocenters. The predicted molar refractivity (Wildman–Crippen MR) is 105 cm³/mol. The zero-order chi connectivity index (χ0) is 16.5. The third kappa shape index (κ3) is 2.95. The van der Waals surface area contributed by atoms with Crippen molar-refractivity contribution in [2.24, 2.45) is 0 Å². The molecule has 0 saturated heterocycles. The zero-order valence-electron chi connectivity index (χ0n) is 12.8. The van der Waals surface area contributed by atoms with Gasteiger partial charge in [-0.1, -0.05) is 17.8 Å². The van der Waals surface area contributed by atoms with Gasteiger partial charge >= 0.3 is 0 Å². The van der Waals surface area contributed by atoms with E-state index < -0.39 is 0 Å². The first kappa shape index (κ1) is 16.0. The summed E-state index contributed by atoms with van der Waals surface area (Å²) >= 11 is 6.38. The number of nitrogens with zero attached hydrogens (tertiary/aromatic N) is 3. The number of fused-ring (bicyclic) bond motifs is 1. The summed E-state index contributed by atoms with van der Waals surface area (Å²) in [5.74, 6) is 0.712. The third-order valence-corrected chi connectivity index (χ3v) is 7.31. The molecule has 4 heterocycles. The average molecular weight is 392 g/mol. The maximum Gasteiger partial charge on any atom is 0.272 e. The van der Waals surface area contributed by atoms with Crippen LogP contribution in [0.3, 0.4) is 0 Å². The van der Waals surface area contributed by atoms with Crippen LogP contribution in [0.25, 0.3) is 20.1 Å². The summed E-state index contributed by atoms with van der Waals surface area (Å²) in [7, 11) is 0. The molecule has 0 aromatic carbocycles. The molecule has 0 saturated carbocycles. The summed E-state index contributed by atoms with van der Waals surface area (Å²) in [6, 6.07) is 6.03. The molecule has 0 unspecified atom stereocenters. The molecule has 0 spiro atoms. The van der Waals surface area contributed by atoms with Gasteiger partial charge < -0.3 is 0 Å². The molecule has 122 valence electrons. The number of aromatic nitrogens is 3. The molecule has 0 aliphatic heterocycles. The van der Waals surface area contributed by atoms with Crippen molar-refractivity contribution in [3.05, 3.63) is 50.4 Å². The highest BCUT2D eigenvalue weighted by atomic mass is 32.2. The molecule has 4 nitrogen and oxygen atoms in total. The number of thiazole rings is 1. The zero-order valence-corrected chi connectivity index (χ0v) is 16.0. The van der Waals surface area contributed by atoms with E-state index in [1.807, 2.05) is 24.4 Å². The quantitative estimate of drug-likeness (QED) is 0.356. The molecule has 4 rings (SSSR count). The Morgan fingerprint density at radius 2 is 2.08 bits per heavy atom. The molecular formula is C16H13N3OS4. The number of thiophene rings is 2. The topological polar surface area (TPSA) is 47.8 Å². The van der Waals surface area contributed by atoms with Gasteiger partial charge in [-0.25, -0.2) is 9.97 Å². The molecule has 0 aliphatic carbocycles. The van der Waals surface area contributed by atoms with E-state index in [0.717, 1.165) is 26.1 Å². The van der Waals surface area contributed by atoms with Crippen molar-refractivity contribution in [3.8, 4) is 9.88 Å². The summed E-state index contributed by atoms with van der Waals surface area (Å²) < 4.78 is 2.48. The van der Waals surface area contributed by atoms with Crippen LogP contribution >= 0.6 is 45.8 Å². The van der Waals surface area contributed by atoms with E-state index in [0.29, 0.717) is 12.3 Å². The monoisotopic (exact) mass is 391 g/mol. The Morgan fingerprint density at radius 1 is 1.17 bits per heavy atom. The minimum absolute atomic E-state index is 0.0533. The van der Waals surface area contributed by atoms with Gasteiger partial charge in [-0.05, 0) is 29.8 Å². The molecule has 0 amide bonds. The van der Waals surface area contributed by atoms with Crippen LogP contribution in [-0.4, -0.2) is 14.5 Å². The molecule has 0 bridgehead atoms. The van der Waals surface area contributed by atoms with E-state index >= 15 is 0 Å². The fraction of sp³-hybridized carbons (Fsp3) is 0.188. The lowest BCUT2D eigenvalue weighted by atomic mass is 10.4. The number of hydrogen-bond acceptors (Lipinski definition) is 7. The van der Waals surface area contributed by atoms with Crippen LogP contribution in [0.15, 0.2) is 44.3 Å². The second-order valence-corrected chi connectivity index (χ2v) is 8.65. The number of hydrogen-bond donors (Lipinski definition) is 0. The van der Waals surface area contributed by atoms with Gasteiger partial charge in [0.05, 0.1) is 16.1 Å². The normalized spacial score (nSPS) is 11.4. The Hall–Kier alpha value is -1.48. The van der Waals surface area contributed by atoms with Crippen LogP contribution in [0.1, 0.15) is 12.6 Å². The first-order valence-corrected chi connectivity index (χ1v) is 11.0. The van der Waals surface area contributed by atoms with Crippen molar-refractivity contribution >= 4 is 56.0 Å². The van der Waals surface area contributed by atoms with Crippen molar-refractivity contribution < 1.29 is 0 Å². The molecule has 0 aliphatic rings. The van der Waals surface area contributed by atoms with Crippen molar-refractivity contribution in [1.29, 1.82) is 0 Å². The van der Waals surface area contributed by atoms with E-state index in [1.165, 1.54) is 16.2 Å². The summed E-state index contributed by atoms with van der Waals surface area (Å²) in [6.07, 6.45) is 0. The highest BCUT2D eigenvalue weighted by molar-refractivity contribution is 7.98. The highest BCUT2D eigenvalue weighted by Gasteiger charge is 2.13. The van der Waals surface area contributed by atoms with E-state index in [1.54, 1.807) is 39.0 Å². The minimum atomic E-state index is 0.0533. The molecule has 0 fully saturated rings. The maximum atomic E-state index is 12.5. The van der Waals surface area contributed by atoms with Gasteiger partial charge in [0.2, 0.25) is 0 Å². The van der Waals surface area contributed by atoms with Crippen molar-refractivity contribution in [2.45, 2.75) is 24.4 Å². The Morgan fingerprint density at radius 3 is 2.88 bits per heavy atom. The van der Waals surface area contributed by atoms with Crippen LogP contribution in [0.4, 0.5) is 0 Å². The van der Waals surface area contributed by atoms with E-state index in [9.17, 15) is 4.79 Å². The number of thioether (sulfide) groups is 1. The molecule has 24 heavy (non-hydrogen) atoms. The van der Waals surface area contributed by atoms with Gasteiger partial charge in [0.25, 0.3) is 5.56 Å². The third-order valence-electron chi connectivity index (χ3n) is 3.48. The number of rotatable bonds is 5. The van der Waals surface area contributed by atoms with Crippen molar-refractivity contribution in [3.63, 3.8) is 0 Å². The molecule has 8 heteroatoms. The lowest BCUT2D eigenvalue weighted by molar-refractivity contribution is 0.635. The first-order chi connectivity index (χ1) is 11.8. The van der Waals surface area contributed by atoms with Gasteiger partial charge in [-0.15, -0.1) is 34.0 Å². The molecule has 0 N–H and O–H groups in total. The maximum absolute atomic E-state index is 12.5. The lowest BCUT2D eigenvalue weighted by Gasteiger charge is -2.08. The van der Waals surface area contributed by atoms with Gasteiger partial charge in [0.1, 0.15) is 9.71 Å². The Bertz CT molecular complexity index is 1030. The fourth-order valence-corrected chi connectivity index (χ4v) is 5.81. The van der Waals surface area contributed by atoms with Gasteiger partial charge in [0.15, 0.2) is 5.16 Å². The smallest absolute Gasteiger partial charge is 0.272 e. The van der Waals surface area contributed by atoms with Gasteiger partial charge in [-0.2, -0.15) is 0 Å². The van der Waals surface area contributed by atoms with E-state index in [-0.39, 0.29) is 5.56 Å². The Labute approximate surface area is 154 Å². The van der Waals surface area contributed by atoms with Crippen LogP contribution in [0, 0.1) is 0 Å². The summed E-state index contributed by atoms with van der Waals surface area (Å²) in [6.45, 7) is 2.60. The summed E-state index contributed by atoms with van der Waals surface area (Å²) in [4.78, 5) is 23.1. The Balaban J connectivity index is 1.60. The fourth-order valence-electron chi connectivity index (χ4n) is 2.34. The average Bonchev–Trinajstić information content (AvgIpc) is 3.32. The summed E-state index contributed by atoms with van der Waals surface area (Å²) in [5, 5.41) is 7.88. The van der Waals surface area contributed by atoms with Crippen LogP contribution in [-0.2, 0) is 12.3 Å². The standard InChI is InChI=1S/C16H13N3OS4/c1-2-19-15(20)13-11(5-7-22-13)18-16(19)24-9-10-8-23-14(17-10)12-4-3-6-21-12/h3-8H,2,9H2,1H3.